The molecule has 0 aliphatic carbocycles. The summed E-state index contributed by atoms with van der Waals surface area (Å²) in [6, 6.07) is 3.74. The summed E-state index contributed by atoms with van der Waals surface area (Å²) in [6.45, 7) is 1.91. The Bertz CT molecular complexity index is 787. The van der Waals surface area contributed by atoms with Crippen LogP contribution < -0.4 is 4.90 Å². The molecule has 3 aromatic rings. The highest BCUT2D eigenvalue weighted by Gasteiger charge is 2.21. The standard InChI is InChI=1S/C15H14N6OS/c1-2-11(8-16-3-1)13-19-15(22-20-13)12-9-17-10-18-14(12)21-4-6-23-7-5-21/h1-3,8-10H,4-7H2. The van der Waals surface area contributed by atoms with Crippen LogP contribution >= 0.6 is 11.8 Å². The van der Waals surface area contributed by atoms with E-state index < -0.39 is 0 Å². The van der Waals surface area contributed by atoms with Crippen molar-refractivity contribution in [2.24, 2.45) is 0 Å². The van der Waals surface area contributed by atoms with Gasteiger partial charge >= 0.3 is 0 Å². The Balaban J connectivity index is 1.70. The van der Waals surface area contributed by atoms with Crippen molar-refractivity contribution in [1.82, 2.24) is 25.1 Å². The molecule has 0 spiro atoms. The SMILES string of the molecule is c1cncc(-c2noc(-c3cncnc3N3CCSCC3)n2)c1. The molecule has 0 amide bonds. The second kappa shape index (κ2) is 6.33. The van der Waals surface area contributed by atoms with Crippen molar-refractivity contribution in [1.29, 1.82) is 0 Å². The fourth-order valence-corrected chi connectivity index (χ4v) is 3.35. The van der Waals surface area contributed by atoms with E-state index in [1.54, 1.807) is 24.9 Å². The molecule has 0 atom stereocenters. The largest absolute Gasteiger partial charge is 0.354 e. The summed E-state index contributed by atoms with van der Waals surface area (Å²) in [6.07, 6.45) is 6.70. The van der Waals surface area contributed by atoms with Gasteiger partial charge in [-0.2, -0.15) is 16.7 Å². The number of aromatic nitrogens is 5. The lowest BCUT2D eigenvalue weighted by atomic mass is 10.2. The Morgan fingerprint density at radius 3 is 2.87 bits per heavy atom. The summed E-state index contributed by atoms with van der Waals surface area (Å²) in [5, 5.41) is 4.04. The van der Waals surface area contributed by atoms with Gasteiger partial charge in [-0.15, -0.1) is 0 Å². The fraction of sp³-hybridized carbons (Fsp3) is 0.267. The molecule has 0 unspecified atom stereocenters. The predicted molar refractivity (Wildman–Crippen MR) is 88.1 cm³/mol. The number of hydrogen-bond donors (Lipinski definition) is 0. The van der Waals surface area contributed by atoms with E-state index >= 15 is 0 Å². The molecule has 0 radical (unpaired) electrons. The van der Waals surface area contributed by atoms with E-state index in [2.05, 4.69) is 30.0 Å². The number of pyridine rings is 1. The van der Waals surface area contributed by atoms with E-state index in [0.717, 1.165) is 41.5 Å². The molecule has 1 aliphatic rings. The molecule has 116 valence electrons. The van der Waals surface area contributed by atoms with Crippen LogP contribution in [0.2, 0.25) is 0 Å². The van der Waals surface area contributed by atoms with E-state index in [0.29, 0.717) is 11.7 Å². The zero-order valence-corrected chi connectivity index (χ0v) is 13.1. The van der Waals surface area contributed by atoms with Crippen LogP contribution in [0.15, 0.2) is 41.6 Å². The molecule has 23 heavy (non-hydrogen) atoms. The van der Waals surface area contributed by atoms with Gasteiger partial charge in [0.15, 0.2) is 0 Å². The Morgan fingerprint density at radius 2 is 2.04 bits per heavy atom. The van der Waals surface area contributed by atoms with Gasteiger partial charge in [-0.3, -0.25) is 4.98 Å². The van der Waals surface area contributed by atoms with Crippen molar-refractivity contribution in [2.45, 2.75) is 0 Å². The van der Waals surface area contributed by atoms with Crippen molar-refractivity contribution in [2.75, 3.05) is 29.5 Å². The van der Waals surface area contributed by atoms with Crippen LogP contribution in [-0.2, 0) is 0 Å². The van der Waals surface area contributed by atoms with Crippen LogP contribution in [0.1, 0.15) is 0 Å². The zero-order chi connectivity index (χ0) is 15.5. The first-order valence-corrected chi connectivity index (χ1v) is 8.44. The lowest BCUT2D eigenvalue weighted by Gasteiger charge is -2.28. The van der Waals surface area contributed by atoms with E-state index in [-0.39, 0.29) is 0 Å². The topological polar surface area (TPSA) is 80.8 Å². The summed E-state index contributed by atoms with van der Waals surface area (Å²) in [4.78, 5) is 19.3. The second-order valence-corrected chi connectivity index (χ2v) is 6.25. The first kappa shape index (κ1) is 14.1. The summed E-state index contributed by atoms with van der Waals surface area (Å²) in [7, 11) is 0. The monoisotopic (exact) mass is 326 g/mol. The minimum absolute atomic E-state index is 0.428. The third-order valence-electron chi connectivity index (χ3n) is 3.58. The molecule has 0 aromatic carbocycles. The number of thioether (sulfide) groups is 1. The fourth-order valence-electron chi connectivity index (χ4n) is 2.45. The van der Waals surface area contributed by atoms with Crippen LogP contribution in [0.4, 0.5) is 5.82 Å². The highest BCUT2D eigenvalue weighted by atomic mass is 32.2. The first-order chi connectivity index (χ1) is 11.4. The maximum absolute atomic E-state index is 5.44. The minimum Gasteiger partial charge on any atom is -0.354 e. The smallest absolute Gasteiger partial charge is 0.263 e. The van der Waals surface area contributed by atoms with Crippen LogP contribution in [0.3, 0.4) is 0 Å². The van der Waals surface area contributed by atoms with Crippen molar-refractivity contribution < 1.29 is 4.52 Å². The van der Waals surface area contributed by atoms with Gasteiger partial charge in [0.25, 0.3) is 5.89 Å². The summed E-state index contributed by atoms with van der Waals surface area (Å²) in [5.41, 5.74) is 1.58. The van der Waals surface area contributed by atoms with Gasteiger partial charge in [0.1, 0.15) is 17.7 Å². The van der Waals surface area contributed by atoms with Crippen molar-refractivity contribution in [3.05, 3.63) is 37.1 Å². The molecule has 4 heterocycles. The van der Waals surface area contributed by atoms with Crippen LogP contribution in [0, 0.1) is 0 Å². The van der Waals surface area contributed by atoms with E-state index in [1.165, 1.54) is 0 Å². The molecule has 3 aromatic heterocycles. The third-order valence-corrected chi connectivity index (χ3v) is 4.52. The van der Waals surface area contributed by atoms with Crippen LogP contribution in [-0.4, -0.2) is 49.7 Å². The summed E-state index contributed by atoms with van der Waals surface area (Å²) < 4.78 is 5.44. The van der Waals surface area contributed by atoms with Crippen molar-refractivity contribution in [3.8, 4) is 22.8 Å². The first-order valence-electron chi connectivity index (χ1n) is 7.29. The molecule has 7 nitrogen and oxygen atoms in total. The molecular weight excluding hydrogens is 312 g/mol. The Hall–Kier alpha value is -2.48. The van der Waals surface area contributed by atoms with Crippen molar-refractivity contribution in [3.63, 3.8) is 0 Å². The Kier molecular flexibility index (Phi) is 3.89. The van der Waals surface area contributed by atoms with Gasteiger partial charge in [0.05, 0.1) is 0 Å². The van der Waals surface area contributed by atoms with Gasteiger partial charge in [-0.1, -0.05) is 5.16 Å². The maximum Gasteiger partial charge on any atom is 0.263 e. The third kappa shape index (κ3) is 2.89. The molecule has 1 saturated heterocycles. The summed E-state index contributed by atoms with van der Waals surface area (Å²) in [5.74, 6) is 3.97. The molecule has 0 N–H and O–H groups in total. The van der Waals surface area contributed by atoms with E-state index in [1.807, 2.05) is 23.9 Å². The number of anilines is 1. The average Bonchev–Trinajstić information content (AvgIpc) is 3.13. The van der Waals surface area contributed by atoms with Crippen LogP contribution in [0.5, 0.6) is 0 Å². The quantitative estimate of drug-likeness (QED) is 0.724. The maximum atomic E-state index is 5.44. The Labute approximate surface area is 137 Å². The van der Waals surface area contributed by atoms with Gasteiger partial charge < -0.3 is 9.42 Å². The molecule has 1 aliphatic heterocycles. The number of hydrogen-bond acceptors (Lipinski definition) is 8. The lowest BCUT2D eigenvalue weighted by molar-refractivity contribution is 0.432. The number of nitrogens with zero attached hydrogens (tertiary/aromatic N) is 6. The Morgan fingerprint density at radius 1 is 1.13 bits per heavy atom. The number of rotatable bonds is 3. The van der Waals surface area contributed by atoms with Gasteiger partial charge in [0.2, 0.25) is 5.82 Å². The molecule has 4 rings (SSSR count). The molecule has 0 bridgehead atoms. The predicted octanol–water partition coefficient (Wildman–Crippen LogP) is 2.14. The average molecular weight is 326 g/mol. The highest BCUT2D eigenvalue weighted by Crippen LogP contribution is 2.29. The zero-order valence-electron chi connectivity index (χ0n) is 12.3. The normalized spacial score (nSPS) is 14.9. The van der Waals surface area contributed by atoms with Gasteiger partial charge in [-0.05, 0) is 12.1 Å². The summed E-state index contributed by atoms with van der Waals surface area (Å²) >= 11 is 1.95. The van der Waals surface area contributed by atoms with Crippen molar-refractivity contribution >= 4 is 17.6 Å². The van der Waals surface area contributed by atoms with E-state index in [4.69, 9.17) is 4.52 Å². The molecular formula is C15H14N6OS. The highest BCUT2D eigenvalue weighted by molar-refractivity contribution is 7.99. The molecule has 1 fully saturated rings. The van der Waals surface area contributed by atoms with E-state index in [9.17, 15) is 0 Å². The second-order valence-electron chi connectivity index (χ2n) is 5.02. The molecule has 8 heteroatoms. The van der Waals surface area contributed by atoms with Crippen LogP contribution in [0.25, 0.3) is 22.8 Å². The lowest BCUT2D eigenvalue weighted by Crippen LogP contribution is -2.33. The molecule has 0 saturated carbocycles. The minimum atomic E-state index is 0.428. The van der Waals surface area contributed by atoms with Gasteiger partial charge in [0, 0.05) is 48.7 Å². The van der Waals surface area contributed by atoms with Gasteiger partial charge in [-0.25, -0.2) is 9.97 Å².